The van der Waals surface area contributed by atoms with Crippen molar-refractivity contribution >= 4 is 29.7 Å². The number of aromatic nitrogens is 2. The maximum Gasteiger partial charge on any atom is 0.257 e. The van der Waals surface area contributed by atoms with Gasteiger partial charge < -0.3 is 10.2 Å². The lowest BCUT2D eigenvalue weighted by Crippen LogP contribution is -2.49. The number of carbonyl (C=O) groups is 1. The Bertz CT molecular complexity index is 711. The minimum Gasteiger partial charge on any atom is -0.337 e. The summed E-state index contributed by atoms with van der Waals surface area (Å²) in [6.45, 7) is 5.94. The van der Waals surface area contributed by atoms with E-state index >= 15 is 0 Å². The zero-order valence-corrected chi connectivity index (χ0v) is 16.0. The zero-order valence-electron chi connectivity index (χ0n) is 14.4. The smallest absolute Gasteiger partial charge is 0.257 e. The lowest BCUT2D eigenvalue weighted by Gasteiger charge is -2.32. The Kier molecular flexibility index (Phi) is 5.78. The highest BCUT2D eigenvalue weighted by Gasteiger charge is 2.33. The van der Waals surface area contributed by atoms with Gasteiger partial charge in [-0.05, 0) is 17.9 Å². The number of piperazine rings is 1. The van der Waals surface area contributed by atoms with Gasteiger partial charge in [-0.2, -0.15) is 5.10 Å². The van der Waals surface area contributed by atoms with E-state index in [9.17, 15) is 4.79 Å². The first-order valence-corrected chi connectivity index (χ1v) is 9.42. The van der Waals surface area contributed by atoms with Gasteiger partial charge >= 0.3 is 0 Å². The van der Waals surface area contributed by atoms with Gasteiger partial charge in [-0.1, -0.05) is 6.07 Å². The molecule has 136 valence electrons. The third kappa shape index (κ3) is 3.74. The number of halogens is 1. The summed E-state index contributed by atoms with van der Waals surface area (Å²) in [6.07, 6.45) is 2.93. The predicted molar refractivity (Wildman–Crippen MR) is 103 cm³/mol. The average Bonchev–Trinajstić information content (AvgIpc) is 3.35. The highest BCUT2D eigenvalue weighted by molar-refractivity contribution is 7.13. The van der Waals surface area contributed by atoms with Crippen LogP contribution in [0, 0.1) is 0 Å². The predicted octanol–water partition coefficient (Wildman–Crippen LogP) is 1.69. The number of likely N-dealkylation sites (tertiary alicyclic amines) is 1. The van der Waals surface area contributed by atoms with Crippen molar-refractivity contribution in [3.63, 3.8) is 0 Å². The molecule has 2 aromatic rings. The fourth-order valence-corrected chi connectivity index (χ4v) is 4.41. The number of hydrogen-bond acceptors (Lipinski definition) is 5. The van der Waals surface area contributed by atoms with Gasteiger partial charge in [0.15, 0.2) is 0 Å². The van der Waals surface area contributed by atoms with Crippen LogP contribution in [0.3, 0.4) is 0 Å². The minimum atomic E-state index is 0. The molecule has 1 atom stereocenters. The molecule has 2 aromatic heterocycles. The summed E-state index contributed by atoms with van der Waals surface area (Å²) in [7, 11) is 1.88. The van der Waals surface area contributed by atoms with Crippen LogP contribution in [0.25, 0.3) is 10.6 Å². The number of amides is 1. The van der Waals surface area contributed by atoms with Gasteiger partial charge in [0.1, 0.15) is 5.69 Å². The largest absolute Gasteiger partial charge is 0.337 e. The van der Waals surface area contributed by atoms with Crippen LogP contribution in [0.5, 0.6) is 0 Å². The molecule has 2 aliphatic heterocycles. The molecule has 0 saturated carbocycles. The number of thiophene rings is 1. The van der Waals surface area contributed by atoms with Gasteiger partial charge in [0.2, 0.25) is 0 Å². The molecular weight excluding hydrogens is 358 g/mol. The lowest BCUT2D eigenvalue weighted by molar-refractivity contribution is 0.0774. The molecule has 6 nitrogen and oxygen atoms in total. The molecular formula is C17H24ClN5OS. The first kappa shape index (κ1) is 18.4. The third-order valence-corrected chi connectivity index (χ3v) is 5.81. The second kappa shape index (κ2) is 7.86. The van der Waals surface area contributed by atoms with E-state index in [2.05, 4.69) is 15.3 Å². The summed E-state index contributed by atoms with van der Waals surface area (Å²) >= 11 is 1.62. The zero-order chi connectivity index (χ0) is 16.5. The van der Waals surface area contributed by atoms with Gasteiger partial charge in [-0.15, -0.1) is 23.7 Å². The van der Waals surface area contributed by atoms with Crippen LogP contribution in [0.1, 0.15) is 16.8 Å². The molecule has 0 bridgehead atoms. The van der Waals surface area contributed by atoms with Crippen molar-refractivity contribution in [2.45, 2.75) is 12.5 Å². The van der Waals surface area contributed by atoms with Crippen molar-refractivity contribution in [3.05, 3.63) is 29.3 Å². The Balaban J connectivity index is 0.00000182. The molecule has 1 N–H and O–H groups in total. The Morgan fingerprint density at radius 1 is 1.32 bits per heavy atom. The fourth-order valence-electron chi connectivity index (χ4n) is 3.68. The van der Waals surface area contributed by atoms with E-state index in [1.54, 1.807) is 16.0 Å². The summed E-state index contributed by atoms with van der Waals surface area (Å²) < 4.78 is 1.74. The maximum atomic E-state index is 13.1. The summed E-state index contributed by atoms with van der Waals surface area (Å²) in [4.78, 5) is 18.6. The van der Waals surface area contributed by atoms with Crippen LogP contribution in [0.2, 0.25) is 0 Å². The van der Waals surface area contributed by atoms with Gasteiger partial charge in [0, 0.05) is 58.6 Å². The van der Waals surface area contributed by atoms with Crippen LogP contribution in [0.4, 0.5) is 0 Å². The van der Waals surface area contributed by atoms with E-state index < -0.39 is 0 Å². The number of rotatable bonds is 3. The maximum absolute atomic E-state index is 13.1. The van der Waals surface area contributed by atoms with Crippen molar-refractivity contribution in [1.82, 2.24) is 24.9 Å². The SMILES string of the molecule is Cl.Cn1cc(C(=O)N2CCC(N3CCNCC3)C2)c(-c2cccs2)n1. The number of carbonyl (C=O) groups excluding carboxylic acids is 1. The standard InChI is InChI=1S/C17H23N5OS.ClH/c1-20-12-14(16(19-20)15-3-2-10-24-15)17(23)22-7-4-13(11-22)21-8-5-18-6-9-21;/h2-3,10,12-13,18H,4-9,11H2,1H3;1H. The highest BCUT2D eigenvalue weighted by Crippen LogP contribution is 2.28. The van der Waals surface area contributed by atoms with Crippen molar-refractivity contribution in [3.8, 4) is 10.6 Å². The number of hydrogen-bond donors (Lipinski definition) is 1. The average molecular weight is 382 g/mol. The van der Waals surface area contributed by atoms with E-state index in [1.807, 2.05) is 35.7 Å². The van der Waals surface area contributed by atoms with Crippen LogP contribution < -0.4 is 5.32 Å². The minimum absolute atomic E-state index is 0. The van der Waals surface area contributed by atoms with Crippen LogP contribution in [-0.4, -0.2) is 70.8 Å². The molecule has 2 fully saturated rings. The quantitative estimate of drug-likeness (QED) is 0.879. The molecule has 1 amide bonds. The van der Waals surface area contributed by atoms with Gasteiger partial charge in [-0.3, -0.25) is 14.4 Å². The Hall–Kier alpha value is -1.41. The summed E-state index contributed by atoms with van der Waals surface area (Å²) in [5.41, 5.74) is 1.53. The first-order chi connectivity index (χ1) is 11.7. The Morgan fingerprint density at radius 2 is 2.12 bits per heavy atom. The molecule has 8 heteroatoms. The van der Waals surface area contributed by atoms with Crippen LogP contribution >= 0.6 is 23.7 Å². The molecule has 0 spiro atoms. The van der Waals surface area contributed by atoms with Gasteiger partial charge in [0.05, 0.1) is 10.4 Å². The summed E-state index contributed by atoms with van der Waals surface area (Å²) in [6, 6.07) is 4.52. The summed E-state index contributed by atoms with van der Waals surface area (Å²) in [5, 5.41) is 9.93. The molecule has 4 rings (SSSR count). The van der Waals surface area contributed by atoms with E-state index in [1.165, 1.54) is 0 Å². The van der Waals surface area contributed by atoms with E-state index in [0.29, 0.717) is 6.04 Å². The topological polar surface area (TPSA) is 53.4 Å². The monoisotopic (exact) mass is 381 g/mol. The molecule has 0 aromatic carbocycles. The van der Waals surface area contributed by atoms with Crippen molar-refractivity contribution in [2.24, 2.45) is 7.05 Å². The molecule has 1 unspecified atom stereocenters. The Morgan fingerprint density at radius 3 is 2.84 bits per heavy atom. The molecule has 2 aliphatic rings. The number of nitrogens with zero attached hydrogens (tertiary/aromatic N) is 4. The van der Waals surface area contributed by atoms with E-state index in [-0.39, 0.29) is 18.3 Å². The van der Waals surface area contributed by atoms with E-state index in [4.69, 9.17) is 0 Å². The normalized spacial score (nSPS) is 21.3. The fraction of sp³-hybridized carbons (Fsp3) is 0.529. The van der Waals surface area contributed by atoms with Crippen LogP contribution in [-0.2, 0) is 7.05 Å². The molecule has 0 aliphatic carbocycles. The first-order valence-electron chi connectivity index (χ1n) is 8.54. The van der Waals surface area contributed by atoms with Crippen molar-refractivity contribution < 1.29 is 4.79 Å². The van der Waals surface area contributed by atoms with Gasteiger partial charge in [0.25, 0.3) is 5.91 Å². The molecule has 2 saturated heterocycles. The van der Waals surface area contributed by atoms with Crippen molar-refractivity contribution in [2.75, 3.05) is 39.3 Å². The summed E-state index contributed by atoms with van der Waals surface area (Å²) in [5.74, 6) is 0.115. The second-order valence-electron chi connectivity index (χ2n) is 6.52. The van der Waals surface area contributed by atoms with E-state index in [0.717, 1.165) is 61.8 Å². The van der Waals surface area contributed by atoms with Crippen molar-refractivity contribution in [1.29, 1.82) is 0 Å². The number of nitrogens with one attached hydrogen (secondary N) is 1. The molecule has 0 radical (unpaired) electrons. The van der Waals surface area contributed by atoms with Gasteiger partial charge in [-0.25, -0.2) is 0 Å². The highest BCUT2D eigenvalue weighted by atomic mass is 35.5. The Labute approximate surface area is 158 Å². The molecule has 4 heterocycles. The molecule has 25 heavy (non-hydrogen) atoms. The lowest BCUT2D eigenvalue weighted by atomic mass is 10.2. The number of aryl methyl sites for hydroxylation is 1. The van der Waals surface area contributed by atoms with Crippen LogP contribution in [0.15, 0.2) is 23.7 Å². The third-order valence-electron chi connectivity index (χ3n) is 4.93. The second-order valence-corrected chi connectivity index (χ2v) is 7.47.